The van der Waals surface area contributed by atoms with Crippen LogP contribution in [0.15, 0.2) is 34.3 Å². The van der Waals surface area contributed by atoms with Crippen molar-refractivity contribution in [2.75, 3.05) is 5.75 Å². The number of nitrogens with zero attached hydrogens (tertiary/aromatic N) is 2. The van der Waals surface area contributed by atoms with Crippen molar-refractivity contribution in [3.8, 4) is 0 Å². The zero-order valence-corrected chi connectivity index (χ0v) is 12.7. The fourth-order valence-corrected chi connectivity index (χ4v) is 3.18. The van der Waals surface area contributed by atoms with E-state index in [1.807, 2.05) is 0 Å². The standard InChI is InChI=1S/C15H14FN3O2S/c1-9-6-10(2-3-12(9)16)7-17-13(20)11-8-18-15-19(14(11)21)4-5-22-15/h2-3,6,8H,4-5,7H2,1H3,(H,17,20). The highest BCUT2D eigenvalue weighted by molar-refractivity contribution is 7.99. The number of hydrogen-bond acceptors (Lipinski definition) is 4. The van der Waals surface area contributed by atoms with Crippen LogP contribution in [0.2, 0.25) is 0 Å². The number of carbonyl (C=O) groups is 1. The lowest BCUT2D eigenvalue weighted by atomic mass is 10.1. The molecule has 1 N–H and O–H groups in total. The summed E-state index contributed by atoms with van der Waals surface area (Å²) in [5.41, 5.74) is 1.01. The molecular formula is C15H14FN3O2S. The molecule has 1 aromatic carbocycles. The third kappa shape index (κ3) is 2.76. The first kappa shape index (κ1) is 14.8. The van der Waals surface area contributed by atoms with E-state index in [4.69, 9.17) is 0 Å². The molecule has 0 saturated heterocycles. The van der Waals surface area contributed by atoms with Gasteiger partial charge in [0.05, 0.1) is 0 Å². The second kappa shape index (κ2) is 5.92. The van der Waals surface area contributed by atoms with E-state index in [-0.39, 0.29) is 23.5 Å². The Hall–Kier alpha value is -2.15. The minimum absolute atomic E-state index is 0.0325. The molecular weight excluding hydrogens is 305 g/mol. The number of rotatable bonds is 3. The lowest BCUT2D eigenvalue weighted by molar-refractivity contribution is 0.0948. The summed E-state index contributed by atoms with van der Waals surface area (Å²) in [5, 5.41) is 3.32. The molecule has 0 saturated carbocycles. The highest BCUT2D eigenvalue weighted by atomic mass is 32.2. The molecule has 114 valence electrons. The van der Waals surface area contributed by atoms with E-state index in [1.165, 1.54) is 28.6 Å². The zero-order chi connectivity index (χ0) is 15.7. The summed E-state index contributed by atoms with van der Waals surface area (Å²) in [4.78, 5) is 28.5. The Kier molecular flexibility index (Phi) is 3.98. The van der Waals surface area contributed by atoms with Crippen LogP contribution >= 0.6 is 11.8 Å². The van der Waals surface area contributed by atoms with Crippen molar-refractivity contribution in [2.24, 2.45) is 0 Å². The molecule has 1 aliphatic rings. The summed E-state index contributed by atoms with van der Waals surface area (Å²) in [6.07, 6.45) is 1.32. The number of aryl methyl sites for hydroxylation is 1. The molecule has 1 aliphatic heterocycles. The molecule has 1 amide bonds. The molecule has 2 aromatic rings. The van der Waals surface area contributed by atoms with Gasteiger partial charge in [-0.2, -0.15) is 0 Å². The first-order chi connectivity index (χ1) is 10.6. The zero-order valence-electron chi connectivity index (χ0n) is 11.9. The fraction of sp³-hybridized carbons (Fsp3) is 0.267. The van der Waals surface area contributed by atoms with Crippen molar-refractivity contribution in [2.45, 2.75) is 25.2 Å². The smallest absolute Gasteiger partial charge is 0.267 e. The topological polar surface area (TPSA) is 64.0 Å². The number of halogens is 1. The van der Waals surface area contributed by atoms with Crippen LogP contribution in [-0.2, 0) is 13.1 Å². The van der Waals surface area contributed by atoms with Crippen LogP contribution in [-0.4, -0.2) is 21.2 Å². The second-order valence-corrected chi connectivity index (χ2v) is 6.09. The highest BCUT2D eigenvalue weighted by Gasteiger charge is 2.19. The first-order valence-corrected chi connectivity index (χ1v) is 7.80. The number of nitrogens with one attached hydrogen (secondary N) is 1. The van der Waals surface area contributed by atoms with Gasteiger partial charge < -0.3 is 5.32 Å². The van der Waals surface area contributed by atoms with Crippen molar-refractivity contribution < 1.29 is 9.18 Å². The van der Waals surface area contributed by atoms with Gasteiger partial charge in [-0.25, -0.2) is 9.37 Å². The van der Waals surface area contributed by atoms with E-state index in [0.717, 1.165) is 11.3 Å². The Labute approximate surface area is 130 Å². The van der Waals surface area contributed by atoms with Gasteiger partial charge in [-0.1, -0.05) is 23.9 Å². The van der Waals surface area contributed by atoms with Gasteiger partial charge in [-0.15, -0.1) is 0 Å². The van der Waals surface area contributed by atoms with Gasteiger partial charge in [0.25, 0.3) is 11.5 Å². The third-order valence-corrected chi connectivity index (χ3v) is 4.45. The Morgan fingerprint density at radius 3 is 3.09 bits per heavy atom. The summed E-state index contributed by atoms with van der Waals surface area (Å²) in [5.74, 6) is 0.0441. The molecule has 0 fully saturated rings. The van der Waals surface area contributed by atoms with Crippen molar-refractivity contribution in [1.82, 2.24) is 14.9 Å². The van der Waals surface area contributed by atoms with E-state index in [0.29, 0.717) is 17.3 Å². The van der Waals surface area contributed by atoms with Crippen molar-refractivity contribution in [1.29, 1.82) is 0 Å². The first-order valence-electron chi connectivity index (χ1n) is 6.82. The van der Waals surface area contributed by atoms with Crippen molar-refractivity contribution in [3.63, 3.8) is 0 Å². The van der Waals surface area contributed by atoms with E-state index in [1.54, 1.807) is 19.1 Å². The number of aromatic nitrogens is 2. The van der Waals surface area contributed by atoms with Gasteiger partial charge in [0, 0.05) is 25.0 Å². The van der Waals surface area contributed by atoms with Crippen LogP contribution in [0.3, 0.4) is 0 Å². The van der Waals surface area contributed by atoms with Crippen LogP contribution in [0.5, 0.6) is 0 Å². The molecule has 0 radical (unpaired) electrons. The van der Waals surface area contributed by atoms with Gasteiger partial charge in [0.1, 0.15) is 11.4 Å². The number of thioether (sulfide) groups is 1. The molecule has 5 nitrogen and oxygen atoms in total. The molecule has 7 heteroatoms. The second-order valence-electron chi connectivity index (χ2n) is 5.03. The van der Waals surface area contributed by atoms with E-state index in [9.17, 15) is 14.0 Å². The minimum atomic E-state index is -0.466. The molecule has 1 aromatic heterocycles. The Balaban J connectivity index is 1.75. The molecule has 0 atom stereocenters. The quantitative estimate of drug-likeness (QED) is 0.875. The maximum absolute atomic E-state index is 13.2. The van der Waals surface area contributed by atoms with E-state index < -0.39 is 5.91 Å². The van der Waals surface area contributed by atoms with Crippen LogP contribution in [0.1, 0.15) is 21.5 Å². The number of hydrogen-bond donors (Lipinski definition) is 1. The average Bonchev–Trinajstić information content (AvgIpc) is 2.98. The monoisotopic (exact) mass is 319 g/mol. The molecule has 0 spiro atoms. The predicted octanol–water partition coefficient (Wildman–Crippen LogP) is 1.73. The Bertz CT molecular complexity index is 804. The normalized spacial score (nSPS) is 13.0. The lowest BCUT2D eigenvalue weighted by Crippen LogP contribution is -2.33. The largest absolute Gasteiger partial charge is 0.348 e. The highest BCUT2D eigenvalue weighted by Crippen LogP contribution is 2.20. The van der Waals surface area contributed by atoms with Crippen LogP contribution < -0.4 is 10.9 Å². The van der Waals surface area contributed by atoms with Gasteiger partial charge >= 0.3 is 0 Å². The number of benzene rings is 1. The molecule has 3 rings (SSSR count). The summed E-state index contributed by atoms with van der Waals surface area (Å²) >= 11 is 1.50. The molecule has 0 aliphatic carbocycles. The minimum Gasteiger partial charge on any atom is -0.348 e. The predicted molar refractivity (Wildman–Crippen MR) is 81.5 cm³/mol. The Morgan fingerprint density at radius 2 is 2.32 bits per heavy atom. The number of carbonyl (C=O) groups excluding carboxylic acids is 1. The van der Waals surface area contributed by atoms with Crippen LogP contribution in [0, 0.1) is 12.7 Å². The summed E-state index contributed by atoms with van der Waals surface area (Å²) < 4.78 is 14.7. The van der Waals surface area contributed by atoms with Crippen LogP contribution in [0.25, 0.3) is 0 Å². The van der Waals surface area contributed by atoms with Gasteiger partial charge in [-0.05, 0) is 24.1 Å². The summed E-state index contributed by atoms with van der Waals surface area (Å²) in [7, 11) is 0. The SMILES string of the molecule is Cc1cc(CNC(=O)c2cnc3n(c2=O)CCS3)ccc1F. The fourth-order valence-electron chi connectivity index (χ4n) is 2.27. The number of amides is 1. The van der Waals surface area contributed by atoms with E-state index >= 15 is 0 Å². The summed E-state index contributed by atoms with van der Waals surface area (Å²) in [6.45, 7) is 2.47. The molecule has 2 heterocycles. The molecule has 0 bridgehead atoms. The van der Waals surface area contributed by atoms with Gasteiger partial charge in [0.2, 0.25) is 0 Å². The third-order valence-electron chi connectivity index (χ3n) is 3.48. The van der Waals surface area contributed by atoms with Crippen molar-refractivity contribution >= 4 is 17.7 Å². The van der Waals surface area contributed by atoms with Crippen LogP contribution in [0.4, 0.5) is 4.39 Å². The number of fused-ring (bicyclic) bond motifs is 1. The maximum atomic E-state index is 13.2. The molecule has 0 unspecified atom stereocenters. The van der Waals surface area contributed by atoms with Gasteiger partial charge in [0.15, 0.2) is 5.16 Å². The van der Waals surface area contributed by atoms with Crippen molar-refractivity contribution in [3.05, 3.63) is 57.3 Å². The van der Waals surface area contributed by atoms with E-state index in [2.05, 4.69) is 10.3 Å². The summed E-state index contributed by atoms with van der Waals surface area (Å²) in [6, 6.07) is 4.63. The maximum Gasteiger partial charge on any atom is 0.267 e. The Morgan fingerprint density at radius 1 is 1.50 bits per heavy atom. The lowest BCUT2D eigenvalue weighted by Gasteiger charge is -2.08. The molecule has 22 heavy (non-hydrogen) atoms. The average molecular weight is 319 g/mol. The van der Waals surface area contributed by atoms with Gasteiger partial charge in [-0.3, -0.25) is 14.2 Å².